The van der Waals surface area contributed by atoms with E-state index in [1.165, 1.54) is 44.9 Å². The van der Waals surface area contributed by atoms with Gasteiger partial charge in [-0.15, -0.1) is 0 Å². The Labute approximate surface area is 167 Å². The van der Waals surface area contributed by atoms with Crippen LogP contribution in [0.4, 0.5) is 0 Å². The first kappa shape index (κ1) is 22.7. The maximum atomic E-state index is 13.4. The molecule has 0 aromatic rings. The van der Waals surface area contributed by atoms with Gasteiger partial charge in [0.05, 0.1) is 5.60 Å². The highest BCUT2D eigenvalue weighted by Gasteiger charge is 2.54. The van der Waals surface area contributed by atoms with E-state index in [1.54, 1.807) is 0 Å². The summed E-state index contributed by atoms with van der Waals surface area (Å²) in [7, 11) is 0. The highest BCUT2D eigenvalue weighted by Crippen LogP contribution is 2.42. The monoisotopic (exact) mass is 380 g/mol. The Kier molecular flexibility index (Phi) is 7.40. The molecule has 0 bridgehead atoms. The Morgan fingerprint density at radius 2 is 1.22 bits per heavy atom. The number of piperidine rings is 1. The summed E-state index contributed by atoms with van der Waals surface area (Å²) in [4.78, 5) is 13.4. The minimum atomic E-state index is -0.762. The summed E-state index contributed by atoms with van der Waals surface area (Å²) in [5.41, 5.74) is -1.33. The van der Waals surface area contributed by atoms with Gasteiger partial charge >= 0.3 is 0 Å². The number of rotatable bonds is 0. The first-order chi connectivity index (χ1) is 12.5. The molecule has 4 nitrogen and oxygen atoms in total. The molecule has 2 rings (SSSR count). The Morgan fingerprint density at radius 1 is 0.741 bits per heavy atom. The predicted molar refractivity (Wildman–Crippen MR) is 113 cm³/mol. The van der Waals surface area contributed by atoms with Gasteiger partial charge in [-0.05, 0) is 54.4 Å². The Morgan fingerprint density at radius 3 is 1.78 bits per heavy atom. The molecule has 0 aromatic carbocycles. The van der Waals surface area contributed by atoms with E-state index in [0.29, 0.717) is 12.8 Å². The van der Waals surface area contributed by atoms with Gasteiger partial charge in [-0.25, -0.2) is 0 Å². The molecular formula is C23H44N2O2. The molecule has 0 aromatic heterocycles. The maximum Gasteiger partial charge on any atom is 0.252 e. The van der Waals surface area contributed by atoms with E-state index in [-0.39, 0.29) is 22.6 Å². The first-order valence-corrected chi connectivity index (χ1v) is 11.2. The molecule has 0 unspecified atom stereocenters. The average Bonchev–Trinajstić information content (AvgIpc) is 2.48. The lowest BCUT2D eigenvalue weighted by Crippen LogP contribution is -2.69. The molecule has 2 fully saturated rings. The fraction of sp³-hybridized carbons (Fsp3) is 0.957. The van der Waals surface area contributed by atoms with Gasteiger partial charge < -0.3 is 15.4 Å². The van der Waals surface area contributed by atoms with Crippen molar-refractivity contribution in [3.63, 3.8) is 0 Å². The molecule has 158 valence electrons. The molecule has 0 saturated carbocycles. The summed E-state index contributed by atoms with van der Waals surface area (Å²) < 4.78 is 6.77. The van der Waals surface area contributed by atoms with Crippen molar-refractivity contribution in [2.45, 2.75) is 134 Å². The summed E-state index contributed by atoms with van der Waals surface area (Å²) in [5, 5.41) is 6.94. The number of amides is 1. The van der Waals surface area contributed by atoms with Crippen molar-refractivity contribution in [2.75, 3.05) is 6.54 Å². The van der Waals surface area contributed by atoms with E-state index >= 15 is 0 Å². The summed E-state index contributed by atoms with van der Waals surface area (Å²) in [5.74, 6) is 0.0908. The van der Waals surface area contributed by atoms with E-state index in [9.17, 15) is 4.79 Å². The molecule has 0 aliphatic carbocycles. The van der Waals surface area contributed by atoms with Gasteiger partial charge in [0.15, 0.2) is 5.60 Å². The van der Waals surface area contributed by atoms with Crippen LogP contribution >= 0.6 is 0 Å². The number of carbonyl (C=O) groups is 1. The van der Waals surface area contributed by atoms with E-state index < -0.39 is 5.60 Å². The Hall–Kier alpha value is -0.610. The van der Waals surface area contributed by atoms with Crippen LogP contribution < -0.4 is 10.6 Å². The fourth-order valence-corrected chi connectivity index (χ4v) is 5.45. The van der Waals surface area contributed by atoms with Gasteiger partial charge in [0.25, 0.3) is 5.91 Å². The normalized spacial score (nSPS) is 29.3. The van der Waals surface area contributed by atoms with Crippen molar-refractivity contribution in [3.05, 3.63) is 0 Å². The van der Waals surface area contributed by atoms with Crippen molar-refractivity contribution in [3.8, 4) is 0 Å². The molecule has 1 spiro atoms. The van der Waals surface area contributed by atoms with Crippen LogP contribution in [0.1, 0.15) is 112 Å². The number of hydrogen-bond acceptors (Lipinski definition) is 3. The van der Waals surface area contributed by atoms with E-state index in [2.05, 4.69) is 52.2 Å². The molecule has 2 saturated heterocycles. The van der Waals surface area contributed by atoms with Gasteiger partial charge in [-0.2, -0.15) is 0 Å². The molecule has 2 N–H and O–H groups in total. The molecule has 4 heteroatoms. The van der Waals surface area contributed by atoms with Crippen molar-refractivity contribution in [2.24, 2.45) is 0 Å². The van der Waals surface area contributed by atoms with E-state index in [1.807, 2.05) is 0 Å². The second-order valence-electron chi connectivity index (χ2n) is 10.9. The third-order valence-corrected chi connectivity index (χ3v) is 6.01. The van der Waals surface area contributed by atoms with Crippen LogP contribution in [-0.2, 0) is 9.53 Å². The summed E-state index contributed by atoms with van der Waals surface area (Å²) in [6.45, 7) is 13.9. The minimum absolute atomic E-state index is 0.0908. The molecule has 2 aliphatic rings. The van der Waals surface area contributed by atoms with Crippen LogP contribution in [0.5, 0.6) is 0 Å². The van der Waals surface area contributed by atoms with Crippen LogP contribution in [0.3, 0.4) is 0 Å². The number of nitrogens with one attached hydrogen (secondary N) is 2. The van der Waals surface area contributed by atoms with Gasteiger partial charge in [0, 0.05) is 30.5 Å². The summed E-state index contributed by atoms with van der Waals surface area (Å²) >= 11 is 0. The van der Waals surface area contributed by atoms with Crippen LogP contribution in [-0.4, -0.2) is 34.7 Å². The second-order valence-corrected chi connectivity index (χ2v) is 10.9. The van der Waals surface area contributed by atoms with Gasteiger partial charge in [-0.1, -0.05) is 44.9 Å². The van der Waals surface area contributed by atoms with Crippen LogP contribution in [0.2, 0.25) is 0 Å². The number of ether oxygens (including phenoxy) is 1. The van der Waals surface area contributed by atoms with E-state index in [0.717, 1.165) is 19.4 Å². The van der Waals surface area contributed by atoms with Crippen LogP contribution in [0.15, 0.2) is 0 Å². The lowest BCUT2D eigenvalue weighted by Gasteiger charge is -2.53. The third kappa shape index (κ3) is 7.05. The summed E-state index contributed by atoms with van der Waals surface area (Å²) in [6, 6.07) is 0. The number of carbonyl (C=O) groups excluding carboxylic acids is 1. The van der Waals surface area contributed by atoms with Crippen LogP contribution in [0, 0.1) is 0 Å². The maximum absolute atomic E-state index is 13.4. The Balaban J connectivity index is 2.25. The zero-order chi connectivity index (χ0) is 20.2. The van der Waals surface area contributed by atoms with Crippen molar-refractivity contribution >= 4 is 5.91 Å². The van der Waals surface area contributed by atoms with Crippen molar-refractivity contribution in [1.82, 2.24) is 10.6 Å². The molecule has 1 amide bonds. The fourth-order valence-electron chi connectivity index (χ4n) is 5.45. The lowest BCUT2D eigenvalue weighted by molar-refractivity contribution is -0.193. The lowest BCUT2D eigenvalue weighted by atomic mass is 9.71. The molecule has 0 radical (unpaired) electrons. The predicted octanol–water partition coefficient (Wildman–Crippen LogP) is 5.10. The zero-order valence-electron chi connectivity index (χ0n) is 18.8. The molecule has 2 aliphatic heterocycles. The molecular weight excluding hydrogens is 336 g/mol. The van der Waals surface area contributed by atoms with Gasteiger partial charge in [0.1, 0.15) is 0 Å². The van der Waals surface area contributed by atoms with E-state index in [4.69, 9.17) is 4.74 Å². The quantitative estimate of drug-likeness (QED) is 0.614. The molecule has 27 heavy (non-hydrogen) atoms. The average molecular weight is 381 g/mol. The molecule has 0 atom stereocenters. The van der Waals surface area contributed by atoms with Gasteiger partial charge in [-0.3, -0.25) is 4.79 Å². The van der Waals surface area contributed by atoms with Crippen LogP contribution in [0.25, 0.3) is 0 Å². The highest BCUT2D eigenvalue weighted by molar-refractivity contribution is 5.85. The third-order valence-electron chi connectivity index (χ3n) is 6.01. The SMILES string of the molecule is CC1(C)CC2(CC(C)(C)N1)OC(C)(C)CCCCCCCCCCNC2=O. The molecule has 2 heterocycles. The largest absolute Gasteiger partial charge is 0.359 e. The smallest absolute Gasteiger partial charge is 0.252 e. The zero-order valence-corrected chi connectivity index (χ0v) is 18.8. The minimum Gasteiger partial charge on any atom is -0.359 e. The first-order valence-electron chi connectivity index (χ1n) is 11.2. The standard InChI is InChI=1S/C23H44N2O2/c1-20(2)17-23(18-21(3,4)25-20)19(26)24-16-14-12-10-8-7-9-11-13-15-22(5,6)27-23/h25H,7-18H2,1-6H3,(H,24,26). The topological polar surface area (TPSA) is 50.4 Å². The van der Waals surface area contributed by atoms with Crippen molar-refractivity contribution in [1.29, 1.82) is 0 Å². The Bertz CT molecular complexity index is 481. The second kappa shape index (κ2) is 8.82. The highest BCUT2D eigenvalue weighted by atomic mass is 16.5. The summed E-state index contributed by atoms with van der Waals surface area (Å²) in [6.07, 6.45) is 12.4. The number of hydrogen-bond donors (Lipinski definition) is 2. The van der Waals surface area contributed by atoms with Crippen molar-refractivity contribution < 1.29 is 9.53 Å². The van der Waals surface area contributed by atoms with Gasteiger partial charge in [0.2, 0.25) is 0 Å².